The van der Waals surface area contributed by atoms with Crippen molar-refractivity contribution in [3.63, 3.8) is 0 Å². The predicted molar refractivity (Wildman–Crippen MR) is 135 cm³/mol. The van der Waals surface area contributed by atoms with Gasteiger partial charge in [0, 0.05) is 25.7 Å². The van der Waals surface area contributed by atoms with Crippen molar-refractivity contribution in [3.8, 4) is 0 Å². The van der Waals surface area contributed by atoms with Gasteiger partial charge in [0.25, 0.3) is 5.91 Å². The number of aliphatic hydroxyl groups excluding tert-OH is 2. The van der Waals surface area contributed by atoms with Gasteiger partial charge < -0.3 is 30.9 Å². The van der Waals surface area contributed by atoms with Crippen LogP contribution in [0.2, 0.25) is 0 Å². The van der Waals surface area contributed by atoms with Crippen LogP contribution in [0.25, 0.3) is 22.2 Å². The summed E-state index contributed by atoms with van der Waals surface area (Å²) in [5, 5.41) is 48.3. The molecule has 0 spiro atoms. The number of non-ortho nitro benzene ring substituents is 1. The van der Waals surface area contributed by atoms with Gasteiger partial charge in [0.05, 0.1) is 16.9 Å². The third-order valence-corrected chi connectivity index (χ3v) is 6.28. The van der Waals surface area contributed by atoms with E-state index in [9.17, 15) is 25.1 Å². The van der Waals surface area contributed by atoms with Crippen LogP contribution in [0, 0.1) is 10.1 Å². The molecule has 4 heterocycles. The second kappa shape index (κ2) is 11.1. The summed E-state index contributed by atoms with van der Waals surface area (Å²) in [6.45, 7) is 3.23. The van der Waals surface area contributed by atoms with Crippen LogP contribution >= 0.6 is 0 Å². The van der Waals surface area contributed by atoms with Crippen LogP contribution in [-0.2, 0) is 9.53 Å². The Hall–Kier alpha value is -4.48. The standard InChI is InChI=1S/C22H26N10O7/c1-2-23-21(35)18-16(33)17(34)22(38-18)31-10-28-15-19(26-9-27-20(15)31)25-8-4-3-7-24-11-5-6-12(32(36)37)14-13(11)29-39-30-14/h5-6,9-10,16-18,22,24,33-34H,2-4,7-8H2,1H3,(H,23,35)(H,25,26,27)/t16-,17+,18-,22?/m0/s1. The van der Waals surface area contributed by atoms with E-state index in [1.165, 1.54) is 23.3 Å². The van der Waals surface area contributed by atoms with Crippen LogP contribution < -0.4 is 16.0 Å². The molecule has 0 aliphatic carbocycles. The number of anilines is 2. The number of imidazole rings is 1. The lowest BCUT2D eigenvalue weighted by Gasteiger charge is -2.16. The van der Waals surface area contributed by atoms with Crippen molar-refractivity contribution in [1.29, 1.82) is 0 Å². The summed E-state index contributed by atoms with van der Waals surface area (Å²) in [5.41, 5.74) is 1.60. The molecule has 1 saturated heterocycles. The van der Waals surface area contributed by atoms with E-state index in [1.807, 2.05) is 0 Å². The first-order chi connectivity index (χ1) is 18.9. The van der Waals surface area contributed by atoms with Gasteiger partial charge in [-0.2, -0.15) is 0 Å². The molecule has 17 nitrogen and oxygen atoms in total. The molecular formula is C22H26N10O7. The van der Waals surface area contributed by atoms with Gasteiger partial charge in [-0.05, 0) is 36.1 Å². The number of carbonyl (C=O) groups excluding carboxylic acids is 1. The lowest BCUT2D eigenvalue weighted by molar-refractivity contribution is -0.383. The summed E-state index contributed by atoms with van der Waals surface area (Å²) < 4.78 is 11.8. The molecule has 5 N–H and O–H groups in total. The van der Waals surface area contributed by atoms with Crippen molar-refractivity contribution in [3.05, 3.63) is 34.9 Å². The predicted octanol–water partition coefficient (Wildman–Crippen LogP) is 0.330. The van der Waals surface area contributed by atoms with E-state index in [0.717, 1.165) is 12.8 Å². The van der Waals surface area contributed by atoms with Crippen molar-refractivity contribution in [2.45, 2.75) is 44.3 Å². The minimum absolute atomic E-state index is 0.0867. The number of hydrogen-bond donors (Lipinski definition) is 5. The van der Waals surface area contributed by atoms with Gasteiger partial charge in [0.1, 0.15) is 18.5 Å². The maximum atomic E-state index is 12.2. The highest BCUT2D eigenvalue weighted by Crippen LogP contribution is 2.32. The molecule has 1 amide bonds. The van der Waals surface area contributed by atoms with Gasteiger partial charge >= 0.3 is 5.69 Å². The third kappa shape index (κ3) is 5.01. The van der Waals surface area contributed by atoms with Gasteiger partial charge in [0.15, 0.2) is 34.8 Å². The molecule has 1 aliphatic rings. The van der Waals surface area contributed by atoms with Crippen molar-refractivity contribution >= 4 is 45.3 Å². The number of fused-ring (bicyclic) bond motifs is 2. The Kier molecular flexibility index (Phi) is 7.44. The number of unbranched alkanes of at least 4 members (excludes halogenated alkanes) is 1. The molecule has 17 heteroatoms. The summed E-state index contributed by atoms with van der Waals surface area (Å²) in [5.74, 6) is -0.0381. The van der Waals surface area contributed by atoms with Gasteiger partial charge in [0.2, 0.25) is 5.52 Å². The summed E-state index contributed by atoms with van der Waals surface area (Å²) in [4.78, 5) is 35.6. The first-order valence-corrected chi connectivity index (χ1v) is 12.2. The Bertz CT molecular complexity index is 1490. The average Bonchev–Trinajstić information content (AvgIpc) is 3.65. The molecule has 206 valence electrons. The second-order valence-electron chi connectivity index (χ2n) is 8.78. The Morgan fingerprint density at radius 1 is 1.08 bits per heavy atom. The van der Waals surface area contributed by atoms with Crippen LogP contribution in [-0.4, -0.2) is 88.8 Å². The number of rotatable bonds is 11. The summed E-state index contributed by atoms with van der Waals surface area (Å²) in [6.07, 6.45) is -0.796. The fraction of sp³-hybridized carbons (Fsp3) is 0.455. The molecule has 39 heavy (non-hydrogen) atoms. The lowest BCUT2D eigenvalue weighted by atomic mass is 10.1. The molecule has 1 aliphatic heterocycles. The second-order valence-corrected chi connectivity index (χ2v) is 8.78. The molecule has 1 unspecified atom stereocenters. The van der Waals surface area contributed by atoms with E-state index in [-0.39, 0.29) is 11.2 Å². The molecular weight excluding hydrogens is 516 g/mol. The number of amides is 1. The van der Waals surface area contributed by atoms with E-state index >= 15 is 0 Å². The highest BCUT2D eigenvalue weighted by atomic mass is 16.6. The maximum absolute atomic E-state index is 12.2. The Balaban J connectivity index is 1.17. The number of nitrogens with zero attached hydrogens (tertiary/aromatic N) is 7. The minimum atomic E-state index is -1.41. The number of aromatic nitrogens is 6. The zero-order valence-electron chi connectivity index (χ0n) is 20.7. The zero-order valence-corrected chi connectivity index (χ0v) is 20.7. The van der Waals surface area contributed by atoms with Crippen LogP contribution in [0.3, 0.4) is 0 Å². The molecule has 0 radical (unpaired) electrons. The van der Waals surface area contributed by atoms with Crippen LogP contribution in [0.1, 0.15) is 26.0 Å². The van der Waals surface area contributed by atoms with Gasteiger partial charge in [-0.25, -0.2) is 19.6 Å². The van der Waals surface area contributed by atoms with E-state index in [2.05, 4.69) is 45.8 Å². The molecule has 4 aromatic rings. The SMILES string of the molecule is CCNC(=O)[C@H]1OC(n2cnc3c(NCCCCNc4ccc([N+](=O)[O-])c5nonc45)ncnc32)[C@H](O)[C@@H]1O. The van der Waals surface area contributed by atoms with Gasteiger partial charge in [-0.15, -0.1) is 0 Å². The van der Waals surface area contributed by atoms with Crippen molar-refractivity contribution < 1.29 is 29.3 Å². The Morgan fingerprint density at radius 3 is 2.62 bits per heavy atom. The normalized spacial score (nSPS) is 20.9. The highest BCUT2D eigenvalue weighted by molar-refractivity contribution is 5.93. The molecule has 3 aromatic heterocycles. The van der Waals surface area contributed by atoms with Crippen molar-refractivity contribution in [2.75, 3.05) is 30.3 Å². The third-order valence-electron chi connectivity index (χ3n) is 6.28. The molecule has 1 fully saturated rings. The Morgan fingerprint density at radius 2 is 1.85 bits per heavy atom. The van der Waals surface area contributed by atoms with E-state index in [0.29, 0.717) is 47.8 Å². The van der Waals surface area contributed by atoms with Gasteiger partial charge in [-0.1, -0.05) is 0 Å². The number of aliphatic hydroxyl groups is 2. The number of ether oxygens (including phenoxy) is 1. The summed E-state index contributed by atoms with van der Waals surface area (Å²) >= 11 is 0. The van der Waals surface area contributed by atoms with Crippen LogP contribution in [0.5, 0.6) is 0 Å². The number of likely N-dealkylation sites (N-methyl/N-ethyl adjacent to an activating group) is 1. The topological polar surface area (TPSA) is 229 Å². The van der Waals surface area contributed by atoms with E-state index in [4.69, 9.17) is 4.74 Å². The quantitative estimate of drug-likeness (QED) is 0.0977. The van der Waals surface area contributed by atoms with Crippen molar-refractivity contribution in [2.24, 2.45) is 0 Å². The average molecular weight is 543 g/mol. The minimum Gasteiger partial charge on any atom is -0.387 e. The number of carbonyl (C=O) groups is 1. The summed E-state index contributed by atoms with van der Waals surface area (Å²) in [7, 11) is 0. The number of nitro groups is 1. The Labute approximate surface area is 219 Å². The first kappa shape index (κ1) is 26.1. The highest BCUT2D eigenvalue weighted by Gasteiger charge is 2.47. The first-order valence-electron chi connectivity index (χ1n) is 12.2. The van der Waals surface area contributed by atoms with Crippen molar-refractivity contribution in [1.82, 2.24) is 35.1 Å². The molecule has 4 atom stereocenters. The number of nitro benzene ring substituents is 1. The monoisotopic (exact) mass is 542 g/mol. The molecule has 5 rings (SSSR count). The number of benzene rings is 1. The molecule has 1 aromatic carbocycles. The smallest absolute Gasteiger partial charge is 0.300 e. The fourth-order valence-electron chi connectivity index (χ4n) is 4.37. The molecule has 0 saturated carbocycles. The summed E-state index contributed by atoms with van der Waals surface area (Å²) in [6, 6.07) is 2.92. The molecule has 0 bridgehead atoms. The largest absolute Gasteiger partial charge is 0.387 e. The van der Waals surface area contributed by atoms with E-state index < -0.39 is 35.4 Å². The van der Waals surface area contributed by atoms with E-state index in [1.54, 1.807) is 13.0 Å². The lowest BCUT2D eigenvalue weighted by Crippen LogP contribution is -2.42. The van der Waals surface area contributed by atoms with Crippen LogP contribution in [0.4, 0.5) is 17.2 Å². The number of nitrogens with one attached hydrogen (secondary N) is 3. The number of hydrogen-bond acceptors (Lipinski definition) is 14. The fourth-order valence-corrected chi connectivity index (χ4v) is 4.37. The zero-order chi connectivity index (χ0) is 27.5. The van der Waals surface area contributed by atoms with Crippen LogP contribution in [0.15, 0.2) is 29.4 Å². The van der Waals surface area contributed by atoms with Gasteiger partial charge in [-0.3, -0.25) is 19.5 Å². The maximum Gasteiger partial charge on any atom is 0.300 e.